The van der Waals surface area contributed by atoms with Crippen LogP contribution in [0.4, 0.5) is 5.95 Å². The van der Waals surface area contributed by atoms with E-state index in [-0.39, 0.29) is 40.7 Å². The van der Waals surface area contributed by atoms with Crippen LogP contribution < -0.4 is 10.5 Å². The Bertz CT molecular complexity index is 1010. The van der Waals surface area contributed by atoms with Crippen LogP contribution in [0.2, 0.25) is 0 Å². The van der Waals surface area contributed by atoms with Gasteiger partial charge in [0, 0.05) is 6.92 Å². The summed E-state index contributed by atoms with van der Waals surface area (Å²) in [5.41, 5.74) is 5.93. The minimum absolute atomic E-state index is 0.0352. The van der Waals surface area contributed by atoms with Crippen LogP contribution in [-0.4, -0.2) is 37.0 Å². The Kier molecular flexibility index (Phi) is 4.56. The van der Waals surface area contributed by atoms with Gasteiger partial charge >= 0.3 is 11.9 Å². The second kappa shape index (κ2) is 6.97. The van der Waals surface area contributed by atoms with Crippen molar-refractivity contribution in [3.05, 3.63) is 41.7 Å². The Morgan fingerprint density at radius 1 is 1.19 bits per heavy atom. The number of aromatic nitrogens is 4. The van der Waals surface area contributed by atoms with Crippen LogP contribution in [0.5, 0.6) is 11.6 Å². The zero-order chi connectivity index (χ0) is 18.7. The summed E-state index contributed by atoms with van der Waals surface area (Å²) in [6, 6.07) is 6.18. The quantitative estimate of drug-likeness (QED) is 0.512. The van der Waals surface area contributed by atoms with Crippen LogP contribution in [0, 0.1) is 0 Å². The minimum Gasteiger partial charge on any atom is -0.492 e. The summed E-state index contributed by atoms with van der Waals surface area (Å²) in [6.45, 7) is 1.01. The fraction of sp³-hybridized carbons (Fsp3) is 0.125. The fourth-order valence-electron chi connectivity index (χ4n) is 2.11. The highest BCUT2D eigenvalue weighted by molar-refractivity contribution is 5.93. The fourth-order valence-corrected chi connectivity index (χ4v) is 2.11. The first-order valence-electron chi connectivity index (χ1n) is 7.36. The van der Waals surface area contributed by atoms with E-state index in [2.05, 4.69) is 19.9 Å². The number of carbonyl (C=O) groups excluding carboxylic acids is 2. The third-order valence-corrected chi connectivity index (χ3v) is 3.17. The van der Waals surface area contributed by atoms with Gasteiger partial charge in [-0.3, -0.25) is 4.79 Å². The van der Waals surface area contributed by atoms with E-state index in [1.54, 1.807) is 12.1 Å². The molecule has 3 aromatic rings. The molecule has 0 aliphatic rings. The number of ether oxygens (including phenoxy) is 2. The van der Waals surface area contributed by atoms with Crippen LogP contribution in [0.15, 0.2) is 30.5 Å². The Labute approximate surface area is 146 Å². The molecule has 0 amide bonds. The van der Waals surface area contributed by atoms with Crippen molar-refractivity contribution in [1.29, 1.82) is 0 Å². The molecule has 1 aromatic carbocycles. The van der Waals surface area contributed by atoms with Crippen LogP contribution in [0.25, 0.3) is 11.2 Å². The molecule has 0 bridgehead atoms. The standard InChI is InChI=1S/C16H13N5O5/c1-8(22)26-11-5-3-2-4-10(11)15(24)25-7-9-6-18-13-12(19-9)14(23)21-16(17)20-13/h2-6H,7H2,1H3,(H3,17,18,20,21,23). The molecule has 10 nitrogen and oxygen atoms in total. The number of hydrogen-bond donors (Lipinski definition) is 2. The summed E-state index contributed by atoms with van der Waals surface area (Å²) in [5, 5.41) is 9.76. The van der Waals surface area contributed by atoms with Gasteiger partial charge in [-0.05, 0) is 12.1 Å². The number of nitrogens with zero attached hydrogens (tertiary/aromatic N) is 4. The molecule has 2 aromatic heterocycles. The summed E-state index contributed by atoms with van der Waals surface area (Å²) in [6.07, 6.45) is 1.33. The third kappa shape index (κ3) is 3.64. The summed E-state index contributed by atoms with van der Waals surface area (Å²) >= 11 is 0. The summed E-state index contributed by atoms with van der Waals surface area (Å²) in [5.74, 6) is -1.73. The van der Waals surface area contributed by atoms with E-state index in [1.165, 1.54) is 25.3 Å². The van der Waals surface area contributed by atoms with Crippen molar-refractivity contribution < 1.29 is 24.2 Å². The zero-order valence-electron chi connectivity index (χ0n) is 13.5. The maximum absolute atomic E-state index is 12.2. The monoisotopic (exact) mass is 355 g/mol. The first-order valence-corrected chi connectivity index (χ1v) is 7.36. The number of para-hydroxylation sites is 1. The number of fused-ring (bicyclic) bond motifs is 1. The zero-order valence-corrected chi connectivity index (χ0v) is 13.5. The molecule has 132 valence electrons. The number of aromatic hydroxyl groups is 1. The second-order valence-corrected chi connectivity index (χ2v) is 5.10. The molecular weight excluding hydrogens is 342 g/mol. The number of anilines is 1. The lowest BCUT2D eigenvalue weighted by Gasteiger charge is -2.09. The molecule has 0 radical (unpaired) electrons. The normalized spacial score (nSPS) is 10.5. The van der Waals surface area contributed by atoms with Crippen LogP contribution in [0.1, 0.15) is 23.0 Å². The second-order valence-electron chi connectivity index (χ2n) is 5.10. The molecule has 10 heteroatoms. The molecule has 0 saturated heterocycles. The molecule has 0 saturated carbocycles. The van der Waals surface area contributed by atoms with Gasteiger partial charge in [0.1, 0.15) is 17.9 Å². The van der Waals surface area contributed by atoms with Crippen LogP contribution in [-0.2, 0) is 16.1 Å². The summed E-state index contributed by atoms with van der Waals surface area (Å²) in [4.78, 5) is 38.9. The van der Waals surface area contributed by atoms with E-state index >= 15 is 0 Å². The van der Waals surface area contributed by atoms with E-state index in [9.17, 15) is 14.7 Å². The maximum atomic E-state index is 12.2. The van der Waals surface area contributed by atoms with Crippen molar-refractivity contribution in [1.82, 2.24) is 19.9 Å². The van der Waals surface area contributed by atoms with Crippen molar-refractivity contribution in [2.75, 3.05) is 5.73 Å². The number of benzene rings is 1. The Hall–Kier alpha value is -3.82. The lowest BCUT2D eigenvalue weighted by atomic mass is 10.2. The number of hydrogen-bond acceptors (Lipinski definition) is 10. The van der Waals surface area contributed by atoms with E-state index in [0.29, 0.717) is 0 Å². The molecular formula is C16H13N5O5. The predicted octanol–water partition coefficient (Wildman–Crippen LogP) is 0.990. The molecule has 0 fully saturated rings. The van der Waals surface area contributed by atoms with Gasteiger partial charge in [0.05, 0.1) is 11.9 Å². The highest BCUT2D eigenvalue weighted by atomic mass is 16.5. The summed E-state index contributed by atoms with van der Waals surface area (Å²) < 4.78 is 10.1. The van der Waals surface area contributed by atoms with Gasteiger partial charge in [-0.2, -0.15) is 9.97 Å². The average Bonchev–Trinajstić information content (AvgIpc) is 2.59. The number of nitrogen functional groups attached to an aromatic ring is 1. The van der Waals surface area contributed by atoms with Gasteiger partial charge in [-0.25, -0.2) is 14.8 Å². The van der Waals surface area contributed by atoms with Crippen LogP contribution in [0.3, 0.4) is 0 Å². The van der Waals surface area contributed by atoms with Crippen molar-refractivity contribution in [2.45, 2.75) is 13.5 Å². The Morgan fingerprint density at radius 2 is 1.96 bits per heavy atom. The largest absolute Gasteiger partial charge is 0.492 e. The van der Waals surface area contributed by atoms with Crippen molar-refractivity contribution >= 4 is 29.1 Å². The van der Waals surface area contributed by atoms with Crippen LogP contribution >= 0.6 is 0 Å². The van der Waals surface area contributed by atoms with Crippen molar-refractivity contribution in [3.63, 3.8) is 0 Å². The first kappa shape index (κ1) is 17.0. The summed E-state index contributed by atoms with van der Waals surface area (Å²) in [7, 11) is 0. The Morgan fingerprint density at radius 3 is 2.73 bits per heavy atom. The van der Waals surface area contributed by atoms with Gasteiger partial charge in [0.2, 0.25) is 11.8 Å². The van der Waals surface area contributed by atoms with Gasteiger partial charge in [-0.1, -0.05) is 12.1 Å². The lowest BCUT2D eigenvalue weighted by molar-refractivity contribution is -0.131. The molecule has 0 aliphatic carbocycles. The molecule has 3 N–H and O–H groups in total. The highest BCUT2D eigenvalue weighted by Gasteiger charge is 2.16. The minimum atomic E-state index is -0.707. The molecule has 3 rings (SSSR count). The average molecular weight is 355 g/mol. The molecule has 0 aliphatic heterocycles. The van der Waals surface area contributed by atoms with Gasteiger partial charge < -0.3 is 20.3 Å². The van der Waals surface area contributed by atoms with E-state index in [1.807, 2.05) is 0 Å². The molecule has 0 unspecified atom stereocenters. The lowest BCUT2D eigenvalue weighted by Crippen LogP contribution is -2.11. The molecule has 0 atom stereocenters. The number of esters is 2. The third-order valence-electron chi connectivity index (χ3n) is 3.17. The predicted molar refractivity (Wildman–Crippen MR) is 88.1 cm³/mol. The first-order chi connectivity index (χ1) is 12.4. The number of nitrogens with two attached hydrogens (primary N) is 1. The van der Waals surface area contributed by atoms with Gasteiger partial charge in [-0.15, -0.1) is 0 Å². The number of rotatable bonds is 4. The smallest absolute Gasteiger partial charge is 0.342 e. The van der Waals surface area contributed by atoms with Gasteiger partial charge in [0.15, 0.2) is 11.2 Å². The maximum Gasteiger partial charge on any atom is 0.342 e. The molecule has 2 heterocycles. The van der Waals surface area contributed by atoms with E-state index in [4.69, 9.17) is 15.2 Å². The molecule has 0 spiro atoms. The topological polar surface area (TPSA) is 150 Å². The Balaban J connectivity index is 1.78. The molecule has 26 heavy (non-hydrogen) atoms. The van der Waals surface area contributed by atoms with Crippen molar-refractivity contribution in [2.24, 2.45) is 0 Å². The van der Waals surface area contributed by atoms with Gasteiger partial charge in [0.25, 0.3) is 0 Å². The van der Waals surface area contributed by atoms with Crippen molar-refractivity contribution in [3.8, 4) is 11.6 Å². The van der Waals surface area contributed by atoms with E-state index in [0.717, 1.165) is 0 Å². The van der Waals surface area contributed by atoms with E-state index < -0.39 is 17.8 Å². The SMILES string of the molecule is CC(=O)Oc1ccccc1C(=O)OCc1cnc2nc(N)nc(O)c2n1. The highest BCUT2D eigenvalue weighted by Crippen LogP contribution is 2.21. The number of carbonyl (C=O) groups is 2.